The molecule has 0 radical (unpaired) electrons. The molecule has 0 N–H and O–H groups in total. The lowest BCUT2D eigenvalue weighted by molar-refractivity contribution is -0.166. The third kappa shape index (κ3) is 46.0. The molecule has 0 aromatic carbocycles. The Hall–Kier alpha value is -2.89. The molecule has 0 fully saturated rings. The second kappa shape index (κ2) is 47.8. The first-order valence-electron chi connectivity index (χ1n) is 24.8. The Morgan fingerprint density at radius 1 is 0.339 bits per heavy atom. The second-order valence-corrected chi connectivity index (χ2v) is 16.4. The van der Waals surface area contributed by atoms with Gasteiger partial charge in [0.25, 0.3) is 0 Å². The minimum absolute atomic E-state index is 0.101. The lowest BCUT2D eigenvalue weighted by Gasteiger charge is -2.18. The molecule has 0 aromatic heterocycles. The average molecular weight is 825 g/mol. The third-order valence-electron chi connectivity index (χ3n) is 10.5. The maximum absolute atomic E-state index is 12.7. The van der Waals surface area contributed by atoms with Crippen LogP contribution in [0, 0.1) is 0 Å². The van der Waals surface area contributed by atoms with Gasteiger partial charge in [-0.25, -0.2) is 0 Å². The SMILES string of the molecule is CCCCC/C=C\C/C=C\C/C=C\C/C=C\C/C=C\CCC(=O)OC(COC(=O)CCCCCCCCCCCCC)COC(=O)CCCCCCCCCCCCC. The van der Waals surface area contributed by atoms with Gasteiger partial charge in [-0.2, -0.15) is 0 Å². The van der Waals surface area contributed by atoms with Crippen LogP contribution >= 0.6 is 0 Å². The molecule has 0 aliphatic carbocycles. The Bertz CT molecular complexity index is 1040. The topological polar surface area (TPSA) is 78.9 Å². The number of carbonyl (C=O) groups is 3. The van der Waals surface area contributed by atoms with Gasteiger partial charge in [-0.15, -0.1) is 0 Å². The fourth-order valence-corrected chi connectivity index (χ4v) is 6.78. The van der Waals surface area contributed by atoms with Crippen LogP contribution in [0.1, 0.15) is 239 Å². The number of ether oxygens (including phenoxy) is 3. The van der Waals surface area contributed by atoms with Crippen molar-refractivity contribution in [1.29, 1.82) is 0 Å². The monoisotopic (exact) mass is 825 g/mol. The summed E-state index contributed by atoms with van der Waals surface area (Å²) in [4.78, 5) is 37.8. The lowest BCUT2D eigenvalue weighted by Crippen LogP contribution is -2.30. The van der Waals surface area contributed by atoms with Crippen LogP contribution in [0.4, 0.5) is 0 Å². The molecule has 0 heterocycles. The van der Waals surface area contributed by atoms with Gasteiger partial charge in [0.05, 0.1) is 0 Å². The van der Waals surface area contributed by atoms with Gasteiger partial charge < -0.3 is 14.2 Å². The summed E-state index contributed by atoms with van der Waals surface area (Å²) in [5.41, 5.74) is 0. The molecular weight excluding hydrogens is 733 g/mol. The van der Waals surface area contributed by atoms with Crippen LogP contribution in [0.2, 0.25) is 0 Å². The molecule has 0 rings (SSSR count). The summed E-state index contributed by atoms with van der Waals surface area (Å²) in [6.07, 6.45) is 57.8. The molecule has 6 nitrogen and oxygen atoms in total. The fraction of sp³-hybridized carbons (Fsp3) is 0.755. The quantitative estimate of drug-likeness (QED) is 0.0263. The number of allylic oxidation sites excluding steroid dienone is 10. The van der Waals surface area contributed by atoms with Gasteiger partial charge in [0, 0.05) is 19.3 Å². The number of carbonyl (C=O) groups excluding carboxylic acids is 3. The van der Waals surface area contributed by atoms with Crippen LogP contribution in [0.15, 0.2) is 60.8 Å². The van der Waals surface area contributed by atoms with Crippen molar-refractivity contribution >= 4 is 17.9 Å². The normalized spacial score (nSPS) is 12.1. The van der Waals surface area contributed by atoms with Crippen LogP contribution in [0.25, 0.3) is 0 Å². The smallest absolute Gasteiger partial charge is 0.306 e. The molecule has 0 aliphatic rings. The summed E-state index contributed by atoms with van der Waals surface area (Å²) in [5.74, 6) is -0.983. The van der Waals surface area contributed by atoms with E-state index in [9.17, 15) is 14.4 Å². The Balaban J connectivity index is 4.48. The van der Waals surface area contributed by atoms with Crippen LogP contribution in [-0.4, -0.2) is 37.2 Å². The van der Waals surface area contributed by atoms with Gasteiger partial charge in [-0.05, 0) is 57.8 Å². The Morgan fingerprint density at radius 2 is 0.644 bits per heavy atom. The van der Waals surface area contributed by atoms with E-state index in [0.29, 0.717) is 19.3 Å². The molecule has 0 saturated heterocycles. The molecule has 0 saturated carbocycles. The lowest BCUT2D eigenvalue weighted by atomic mass is 10.1. The summed E-state index contributed by atoms with van der Waals surface area (Å²) in [7, 11) is 0. The number of rotatable bonds is 44. The maximum Gasteiger partial charge on any atom is 0.306 e. The van der Waals surface area contributed by atoms with Gasteiger partial charge in [-0.3, -0.25) is 14.4 Å². The Labute approximate surface area is 364 Å². The van der Waals surface area contributed by atoms with Crippen LogP contribution < -0.4 is 0 Å². The van der Waals surface area contributed by atoms with E-state index in [1.165, 1.54) is 128 Å². The molecular formula is C53H92O6. The standard InChI is InChI=1S/C53H92O6/c1-4-7-10-13-16-19-22-23-24-25-26-27-28-29-32-35-38-41-44-47-53(56)59-50(48-57-51(54)45-42-39-36-33-30-20-17-14-11-8-5-2)49-58-52(55)46-43-40-37-34-31-21-18-15-12-9-6-3/h16,19,23-24,26-27,29,32,38,41,50H,4-15,17-18,20-22,25,28,30-31,33-37,39-40,42-49H2,1-3H3/b19-16-,24-23-,27-26-,32-29-,41-38-. The highest BCUT2D eigenvalue weighted by molar-refractivity contribution is 5.71. The van der Waals surface area contributed by atoms with Gasteiger partial charge in [0.1, 0.15) is 13.2 Å². The molecule has 0 unspecified atom stereocenters. The van der Waals surface area contributed by atoms with E-state index >= 15 is 0 Å². The highest BCUT2D eigenvalue weighted by Gasteiger charge is 2.19. The minimum Gasteiger partial charge on any atom is -0.462 e. The molecule has 0 atom stereocenters. The Kier molecular flexibility index (Phi) is 45.4. The number of hydrogen-bond acceptors (Lipinski definition) is 6. The van der Waals surface area contributed by atoms with E-state index in [1.54, 1.807) is 0 Å². The van der Waals surface area contributed by atoms with Gasteiger partial charge in [0.2, 0.25) is 0 Å². The molecule has 0 bridgehead atoms. The van der Waals surface area contributed by atoms with E-state index in [0.717, 1.165) is 64.2 Å². The summed E-state index contributed by atoms with van der Waals surface area (Å²) in [6.45, 7) is 6.53. The zero-order valence-electron chi connectivity index (χ0n) is 38.8. The van der Waals surface area contributed by atoms with E-state index in [-0.39, 0.29) is 37.5 Å². The summed E-state index contributed by atoms with van der Waals surface area (Å²) < 4.78 is 16.7. The molecule has 340 valence electrons. The summed E-state index contributed by atoms with van der Waals surface area (Å²) in [6, 6.07) is 0. The maximum atomic E-state index is 12.7. The summed E-state index contributed by atoms with van der Waals surface area (Å²) >= 11 is 0. The van der Waals surface area contributed by atoms with Gasteiger partial charge in [0.15, 0.2) is 6.10 Å². The zero-order valence-corrected chi connectivity index (χ0v) is 38.8. The summed E-state index contributed by atoms with van der Waals surface area (Å²) in [5, 5.41) is 0. The van der Waals surface area contributed by atoms with E-state index in [4.69, 9.17) is 14.2 Å². The number of unbranched alkanes of at least 4 members (excludes halogenated alkanes) is 23. The predicted octanol–water partition coefficient (Wildman–Crippen LogP) is 16.1. The Morgan fingerprint density at radius 3 is 1.02 bits per heavy atom. The zero-order chi connectivity index (χ0) is 43.0. The van der Waals surface area contributed by atoms with Gasteiger partial charge >= 0.3 is 17.9 Å². The molecule has 59 heavy (non-hydrogen) atoms. The van der Waals surface area contributed by atoms with Crippen molar-refractivity contribution in [3.63, 3.8) is 0 Å². The van der Waals surface area contributed by atoms with Crippen LogP contribution in [0.3, 0.4) is 0 Å². The highest BCUT2D eigenvalue weighted by Crippen LogP contribution is 2.14. The number of esters is 3. The largest absolute Gasteiger partial charge is 0.462 e. The first-order chi connectivity index (χ1) is 29.0. The number of hydrogen-bond donors (Lipinski definition) is 0. The predicted molar refractivity (Wildman–Crippen MR) is 251 cm³/mol. The fourth-order valence-electron chi connectivity index (χ4n) is 6.78. The van der Waals surface area contributed by atoms with Crippen molar-refractivity contribution in [3.05, 3.63) is 60.8 Å². The molecule has 0 aliphatic heterocycles. The van der Waals surface area contributed by atoms with E-state index < -0.39 is 6.10 Å². The second-order valence-electron chi connectivity index (χ2n) is 16.4. The van der Waals surface area contributed by atoms with Crippen LogP contribution in [0.5, 0.6) is 0 Å². The molecule has 0 aromatic rings. The average Bonchev–Trinajstić information content (AvgIpc) is 3.23. The van der Waals surface area contributed by atoms with E-state index in [1.807, 2.05) is 6.08 Å². The first-order valence-corrected chi connectivity index (χ1v) is 24.8. The van der Waals surface area contributed by atoms with Crippen molar-refractivity contribution in [2.24, 2.45) is 0 Å². The minimum atomic E-state index is -0.808. The molecule has 6 heteroatoms. The first kappa shape index (κ1) is 56.1. The highest BCUT2D eigenvalue weighted by atomic mass is 16.6. The van der Waals surface area contributed by atoms with Crippen molar-refractivity contribution < 1.29 is 28.6 Å². The van der Waals surface area contributed by atoms with Crippen molar-refractivity contribution in [2.75, 3.05) is 13.2 Å². The van der Waals surface area contributed by atoms with Crippen LogP contribution in [-0.2, 0) is 28.6 Å². The third-order valence-corrected chi connectivity index (χ3v) is 10.5. The van der Waals surface area contributed by atoms with E-state index in [2.05, 4.69) is 75.5 Å². The molecule has 0 amide bonds. The molecule has 0 spiro atoms. The van der Waals surface area contributed by atoms with Gasteiger partial charge in [-0.1, -0.05) is 223 Å². The van der Waals surface area contributed by atoms with Crippen molar-refractivity contribution in [1.82, 2.24) is 0 Å². The van der Waals surface area contributed by atoms with Crippen molar-refractivity contribution in [3.8, 4) is 0 Å². The van der Waals surface area contributed by atoms with Crippen molar-refractivity contribution in [2.45, 2.75) is 245 Å².